The summed E-state index contributed by atoms with van der Waals surface area (Å²) in [6.45, 7) is 19.7. The van der Waals surface area contributed by atoms with E-state index in [-0.39, 0.29) is 0 Å². The first-order valence-electron chi connectivity index (χ1n) is 12.5. The monoisotopic (exact) mass is 447 g/mol. The van der Waals surface area contributed by atoms with Crippen LogP contribution < -0.4 is 4.90 Å². The van der Waals surface area contributed by atoms with E-state index in [1.165, 1.54) is 22.3 Å². The lowest BCUT2D eigenvalue weighted by molar-refractivity contribution is 0.250. The minimum Gasteiger partial charge on any atom is -0.380 e. The van der Waals surface area contributed by atoms with Crippen LogP contribution >= 0.6 is 0 Å². The van der Waals surface area contributed by atoms with E-state index in [1.54, 1.807) is 16.6 Å². The topological polar surface area (TPSA) is 11.4 Å². The number of anilines is 1. The van der Waals surface area contributed by atoms with Crippen molar-refractivity contribution in [3.8, 4) is 0 Å². The third kappa shape index (κ3) is 4.27. The van der Waals surface area contributed by atoms with Crippen molar-refractivity contribution in [2.75, 3.05) is 31.1 Å². The lowest BCUT2D eigenvalue weighted by Gasteiger charge is -2.38. The average molecular weight is 448 g/mol. The lowest BCUT2D eigenvalue weighted by atomic mass is 9.90. The smallest absolute Gasteiger partial charge is 0.113 e. The Labute approximate surface area is 197 Å². The predicted octanol–water partition coefficient (Wildman–Crippen LogP) is 5.46. The Balaban J connectivity index is 1.74. The number of fused-ring (bicyclic) bond motifs is 1. The fourth-order valence-corrected chi connectivity index (χ4v) is 6.77. The third-order valence-electron chi connectivity index (χ3n) is 7.14. The molecule has 1 fully saturated rings. The molecule has 3 nitrogen and oxygen atoms in total. The van der Waals surface area contributed by atoms with E-state index < -0.39 is 0 Å². The Kier molecular flexibility index (Phi) is 6.82. The van der Waals surface area contributed by atoms with Gasteiger partial charge in [-0.15, -0.1) is 0 Å². The van der Waals surface area contributed by atoms with E-state index >= 15 is 0 Å². The van der Waals surface area contributed by atoms with Crippen LogP contribution in [0.25, 0.3) is 10.9 Å². The number of rotatable bonds is 6. The number of hydrogen-bond donors (Lipinski definition) is 0. The molecule has 0 amide bonds. The highest BCUT2D eigenvalue weighted by atomic mass is 28.2. The first-order chi connectivity index (χ1) is 15.3. The second-order valence-electron chi connectivity index (χ2n) is 10.5. The summed E-state index contributed by atoms with van der Waals surface area (Å²) < 4.78 is 2.61. The summed E-state index contributed by atoms with van der Waals surface area (Å²) in [6.07, 6.45) is 0. The number of piperazine rings is 1. The van der Waals surface area contributed by atoms with Crippen LogP contribution in [0.3, 0.4) is 0 Å². The summed E-state index contributed by atoms with van der Waals surface area (Å²) in [4.78, 5) is 5.32. The molecule has 2 heterocycles. The van der Waals surface area contributed by atoms with Crippen molar-refractivity contribution in [1.82, 2.24) is 9.13 Å². The molecule has 0 atom stereocenters. The zero-order valence-corrected chi connectivity index (χ0v) is 23.2. The summed E-state index contributed by atoms with van der Waals surface area (Å²) in [7, 11) is 1.03. The van der Waals surface area contributed by atoms with Gasteiger partial charge in [-0.2, -0.15) is 0 Å². The molecule has 0 unspecified atom stereocenters. The molecule has 0 spiro atoms. The number of nitrogens with zero attached hydrogens (tertiary/aromatic N) is 3. The molecule has 0 N–H and O–H groups in total. The molecule has 0 radical (unpaired) electrons. The molecule has 1 saturated heterocycles. The van der Waals surface area contributed by atoms with Gasteiger partial charge in [-0.1, -0.05) is 77.9 Å². The van der Waals surface area contributed by atoms with Crippen LogP contribution in [0.2, 0.25) is 0 Å². The van der Waals surface area contributed by atoms with Crippen molar-refractivity contribution in [2.45, 2.75) is 65.8 Å². The van der Waals surface area contributed by atoms with Crippen LogP contribution in [-0.2, 0) is 6.54 Å². The Morgan fingerprint density at radius 1 is 0.781 bits per heavy atom. The highest BCUT2D eigenvalue weighted by Gasteiger charge is 2.28. The van der Waals surface area contributed by atoms with Gasteiger partial charge < -0.3 is 9.13 Å². The fourth-order valence-electron chi connectivity index (χ4n) is 5.64. The van der Waals surface area contributed by atoms with E-state index in [4.69, 9.17) is 0 Å². The van der Waals surface area contributed by atoms with Gasteiger partial charge in [0.15, 0.2) is 0 Å². The molecule has 1 aliphatic rings. The van der Waals surface area contributed by atoms with Crippen molar-refractivity contribution in [3.05, 3.63) is 64.8 Å². The Hall–Kier alpha value is -2.04. The Morgan fingerprint density at radius 2 is 1.44 bits per heavy atom. The standard InChI is InChI=1S/C28H41N3Si/c1-19(2)23-12-13-24-26(25(20(3)4)27(21(5)6)31(24)32)28(23)30-16-14-29(15-17-30)18-22-10-8-7-9-11-22/h7-13,19-21H,14-18H2,1-6,32H3. The van der Waals surface area contributed by atoms with Crippen LogP contribution in [-0.4, -0.2) is 45.7 Å². The second-order valence-corrected chi connectivity index (χ2v) is 11.4. The molecule has 4 heteroatoms. The summed E-state index contributed by atoms with van der Waals surface area (Å²) in [5.74, 6) is 1.61. The summed E-state index contributed by atoms with van der Waals surface area (Å²) in [5.41, 5.74) is 9.06. The van der Waals surface area contributed by atoms with Gasteiger partial charge in [0.1, 0.15) is 10.4 Å². The number of aromatic nitrogens is 1. The van der Waals surface area contributed by atoms with Crippen molar-refractivity contribution >= 4 is 27.0 Å². The van der Waals surface area contributed by atoms with Crippen LogP contribution in [0.5, 0.6) is 0 Å². The van der Waals surface area contributed by atoms with E-state index in [0.717, 1.165) is 43.1 Å². The van der Waals surface area contributed by atoms with Crippen molar-refractivity contribution in [2.24, 2.45) is 0 Å². The molecule has 1 aromatic heterocycles. The van der Waals surface area contributed by atoms with Crippen molar-refractivity contribution in [3.63, 3.8) is 0 Å². The molecule has 172 valence electrons. The molecular formula is C28H41N3Si. The molecule has 3 aromatic rings. The first kappa shape index (κ1) is 23.1. The van der Waals surface area contributed by atoms with E-state index in [2.05, 4.69) is 98.0 Å². The lowest BCUT2D eigenvalue weighted by Crippen LogP contribution is -2.46. The first-order valence-corrected chi connectivity index (χ1v) is 13.3. The summed E-state index contributed by atoms with van der Waals surface area (Å²) in [5, 5.41) is 1.54. The minimum absolute atomic E-state index is 0.525. The zero-order chi connectivity index (χ0) is 23.0. The van der Waals surface area contributed by atoms with Crippen LogP contribution in [0.15, 0.2) is 42.5 Å². The largest absolute Gasteiger partial charge is 0.380 e. The Morgan fingerprint density at radius 3 is 2.00 bits per heavy atom. The zero-order valence-electron chi connectivity index (χ0n) is 21.2. The van der Waals surface area contributed by atoms with E-state index in [1.807, 2.05) is 0 Å². The molecule has 0 saturated carbocycles. The van der Waals surface area contributed by atoms with Gasteiger partial charge in [0.2, 0.25) is 0 Å². The van der Waals surface area contributed by atoms with Crippen molar-refractivity contribution in [1.29, 1.82) is 0 Å². The van der Waals surface area contributed by atoms with Gasteiger partial charge in [0, 0.05) is 55.0 Å². The molecule has 4 rings (SSSR count). The molecule has 0 aliphatic carbocycles. The number of hydrogen-bond acceptors (Lipinski definition) is 2. The van der Waals surface area contributed by atoms with Crippen LogP contribution in [0.4, 0.5) is 5.69 Å². The van der Waals surface area contributed by atoms with E-state index in [0.29, 0.717) is 17.8 Å². The highest BCUT2D eigenvalue weighted by molar-refractivity contribution is 6.15. The maximum Gasteiger partial charge on any atom is 0.113 e. The van der Waals surface area contributed by atoms with Gasteiger partial charge in [-0.3, -0.25) is 4.90 Å². The van der Waals surface area contributed by atoms with E-state index in [9.17, 15) is 0 Å². The number of benzene rings is 2. The average Bonchev–Trinajstić information content (AvgIpc) is 3.07. The van der Waals surface area contributed by atoms with Crippen molar-refractivity contribution < 1.29 is 0 Å². The van der Waals surface area contributed by atoms with Gasteiger partial charge in [-0.05, 0) is 40.5 Å². The molecular weight excluding hydrogens is 406 g/mol. The van der Waals surface area contributed by atoms with Gasteiger partial charge in [0.25, 0.3) is 0 Å². The predicted molar refractivity (Wildman–Crippen MR) is 143 cm³/mol. The maximum atomic E-state index is 2.71. The summed E-state index contributed by atoms with van der Waals surface area (Å²) in [6, 6.07) is 15.7. The normalized spacial score (nSPS) is 15.7. The van der Waals surface area contributed by atoms with Gasteiger partial charge in [0.05, 0.1) is 0 Å². The minimum atomic E-state index is 0.525. The quantitative estimate of drug-likeness (QED) is 0.465. The van der Waals surface area contributed by atoms with Gasteiger partial charge >= 0.3 is 0 Å². The Bertz CT molecular complexity index is 1060. The highest BCUT2D eigenvalue weighted by Crippen LogP contribution is 2.44. The summed E-state index contributed by atoms with van der Waals surface area (Å²) >= 11 is 0. The van der Waals surface area contributed by atoms with Gasteiger partial charge in [-0.25, -0.2) is 0 Å². The molecule has 1 aliphatic heterocycles. The third-order valence-corrected chi connectivity index (χ3v) is 8.10. The van der Waals surface area contributed by atoms with Crippen LogP contribution in [0.1, 0.15) is 81.7 Å². The molecule has 2 aromatic carbocycles. The maximum absolute atomic E-state index is 2.71. The molecule has 0 bridgehead atoms. The van der Waals surface area contributed by atoms with Crippen LogP contribution in [0, 0.1) is 0 Å². The molecule has 32 heavy (non-hydrogen) atoms. The SMILES string of the molecule is CC(C)c1ccc2c(c(C(C)C)c(C(C)C)n2[SiH3])c1N1CCN(Cc2ccccc2)CC1. The fraction of sp³-hybridized carbons (Fsp3) is 0.500. The second kappa shape index (κ2) is 9.44.